The number of aryl methyl sites for hydroxylation is 1. The van der Waals surface area contributed by atoms with Crippen molar-refractivity contribution >= 4 is 0 Å². The number of hydrogen-bond acceptors (Lipinski definition) is 2. The van der Waals surface area contributed by atoms with Crippen molar-refractivity contribution in [2.24, 2.45) is 17.6 Å². The summed E-state index contributed by atoms with van der Waals surface area (Å²) < 4.78 is 0. The van der Waals surface area contributed by atoms with Crippen LogP contribution in [0.4, 0.5) is 0 Å². The molecule has 1 aromatic rings. The molecule has 2 nitrogen and oxygen atoms in total. The van der Waals surface area contributed by atoms with E-state index in [9.17, 15) is 5.11 Å². The van der Waals surface area contributed by atoms with Gasteiger partial charge < -0.3 is 10.8 Å². The Morgan fingerprint density at radius 1 is 1.17 bits per heavy atom. The van der Waals surface area contributed by atoms with Crippen molar-refractivity contribution < 1.29 is 5.11 Å². The Bertz CT molecular complexity index is 316. The van der Waals surface area contributed by atoms with Gasteiger partial charge in [0.2, 0.25) is 0 Å². The SMILES string of the molecule is CCCCc1ccc(CC(C)C(CN)CO)cc1. The van der Waals surface area contributed by atoms with Crippen LogP contribution in [0, 0.1) is 11.8 Å². The minimum atomic E-state index is 0.187. The molecule has 0 aliphatic carbocycles. The van der Waals surface area contributed by atoms with Gasteiger partial charge in [0.05, 0.1) is 0 Å². The lowest BCUT2D eigenvalue weighted by atomic mass is 9.88. The zero-order chi connectivity index (χ0) is 13.4. The maximum Gasteiger partial charge on any atom is 0.0474 e. The molecule has 0 amide bonds. The average Bonchev–Trinajstić information content (AvgIpc) is 2.39. The molecule has 0 aliphatic rings. The van der Waals surface area contributed by atoms with Crippen molar-refractivity contribution in [3.8, 4) is 0 Å². The number of aliphatic hydroxyl groups is 1. The number of benzene rings is 1. The molecule has 18 heavy (non-hydrogen) atoms. The van der Waals surface area contributed by atoms with E-state index in [1.807, 2.05) is 0 Å². The third kappa shape index (κ3) is 4.79. The molecule has 0 saturated carbocycles. The maximum absolute atomic E-state index is 9.24. The number of nitrogens with two attached hydrogens (primary N) is 1. The largest absolute Gasteiger partial charge is 0.396 e. The highest BCUT2D eigenvalue weighted by Gasteiger charge is 2.15. The predicted octanol–water partition coefficient (Wildman–Crippen LogP) is 2.78. The molecule has 2 unspecified atom stereocenters. The van der Waals surface area contributed by atoms with E-state index in [-0.39, 0.29) is 12.5 Å². The second kappa shape index (κ2) is 8.28. The van der Waals surface area contributed by atoms with Gasteiger partial charge in [-0.2, -0.15) is 0 Å². The Kier molecular flexibility index (Phi) is 6.99. The van der Waals surface area contributed by atoms with Crippen LogP contribution < -0.4 is 5.73 Å². The maximum atomic E-state index is 9.24. The fraction of sp³-hybridized carbons (Fsp3) is 0.625. The standard InChI is InChI=1S/C16H27NO/c1-3-4-5-14-6-8-15(9-7-14)10-13(2)16(11-17)12-18/h6-9,13,16,18H,3-5,10-12,17H2,1-2H3. The van der Waals surface area contributed by atoms with Crippen molar-refractivity contribution in [1.29, 1.82) is 0 Å². The van der Waals surface area contributed by atoms with E-state index >= 15 is 0 Å². The van der Waals surface area contributed by atoms with Gasteiger partial charge in [-0.1, -0.05) is 44.5 Å². The number of rotatable bonds is 8. The molecule has 2 atom stereocenters. The van der Waals surface area contributed by atoms with Gasteiger partial charge in [0.1, 0.15) is 0 Å². The fourth-order valence-corrected chi connectivity index (χ4v) is 2.25. The highest BCUT2D eigenvalue weighted by Crippen LogP contribution is 2.17. The minimum Gasteiger partial charge on any atom is -0.396 e. The lowest BCUT2D eigenvalue weighted by molar-refractivity contribution is 0.187. The normalized spacial score (nSPS) is 14.4. The molecule has 0 heterocycles. The molecule has 0 aromatic heterocycles. The van der Waals surface area contributed by atoms with E-state index in [1.54, 1.807) is 0 Å². The van der Waals surface area contributed by atoms with Crippen LogP contribution in [0.15, 0.2) is 24.3 Å². The van der Waals surface area contributed by atoms with Gasteiger partial charge in [0, 0.05) is 6.61 Å². The monoisotopic (exact) mass is 249 g/mol. The van der Waals surface area contributed by atoms with Gasteiger partial charge in [-0.05, 0) is 48.8 Å². The summed E-state index contributed by atoms with van der Waals surface area (Å²) in [5, 5.41) is 9.24. The van der Waals surface area contributed by atoms with Crippen molar-refractivity contribution in [3.05, 3.63) is 35.4 Å². The first-order valence-corrected chi connectivity index (χ1v) is 7.10. The molecule has 1 aromatic carbocycles. The summed E-state index contributed by atoms with van der Waals surface area (Å²) in [6, 6.07) is 8.89. The summed E-state index contributed by atoms with van der Waals surface area (Å²) in [5.74, 6) is 0.645. The van der Waals surface area contributed by atoms with Crippen LogP contribution in [0.1, 0.15) is 37.8 Å². The van der Waals surface area contributed by atoms with Crippen LogP contribution in [0.25, 0.3) is 0 Å². The molecule has 0 aliphatic heterocycles. The van der Waals surface area contributed by atoms with E-state index in [0.29, 0.717) is 12.5 Å². The summed E-state index contributed by atoms with van der Waals surface area (Å²) in [6.07, 6.45) is 4.67. The van der Waals surface area contributed by atoms with Gasteiger partial charge in [0.15, 0.2) is 0 Å². The summed E-state index contributed by atoms with van der Waals surface area (Å²) in [4.78, 5) is 0. The molecular formula is C16H27NO. The average molecular weight is 249 g/mol. The van der Waals surface area contributed by atoms with Crippen LogP contribution in [-0.4, -0.2) is 18.3 Å². The smallest absolute Gasteiger partial charge is 0.0474 e. The van der Waals surface area contributed by atoms with Crippen LogP contribution in [-0.2, 0) is 12.8 Å². The summed E-state index contributed by atoms with van der Waals surface area (Å²) in [6.45, 7) is 5.13. The third-order valence-corrected chi connectivity index (χ3v) is 3.74. The predicted molar refractivity (Wildman–Crippen MR) is 77.6 cm³/mol. The van der Waals surface area contributed by atoms with E-state index < -0.39 is 0 Å². The first-order valence-electron chi connectivity index (χ1n) is 7.10. The quantitative estimate of drug-likeness (QED) is 0.744. The topological polar surface area (TPSA) is 46.2 Å². The number of hydrogen-bond donors (Lipinski definition) is 2. The van der Waals surface area contributed by atoms with Crippen molar-refractivity contribution in [3.63, 3.8) is 0 Å². The van der Waals surface area contributed by atoms with Gasteiger partial charge >= 0.3 is 0 Å². The van der Waals surface area contributed by atoms with Gasteiger partial charge in [0.25, 0.3) is 0 Å². The van der Waals surface area contributed by atoms with Crippen LogP contribution in [0.2, 0.25) is 0 Å². The van der Waals surface area contributed by atoms with Gasteiger partial charge in [-0.25, -0.2) is 0 Å². The van der Waals surface area contributed by atoms with Gasteiger partial charge in [-0.3, -0.25) is 0 Å². The highest BCUT2D eigenvalue weighted by molar-refractivity contribution is 5.23. The second-order valence-electron chi connectivity index (χ2n) is 5.28. The molecular weight excluding hydrogens is 222 g/mol. The lowest BCUT2D eigenvalue weighted by Crippen LogP contribution is -2.26. The molecule has 0 saturated heterocycles. The van der Waals surface area contributed by atoms with E-state index in [2.05, 4.69) is 38.1 Å². The molecule has 1 rings (SSSR count). The molecule has 2 heteroatoms. The molecule has 3 N–H and O–H groups in total. The fourth-order valence-electron chi connectivity index (χ4n) is 2.25. The minimum absolute atomic E-state index is 0.187. The van der Waals surface area contributed by atoms with E-state index in [4.69, 9.17) is 5.73 Å². The Hall–Kier alpha value is -0.860. The second-order valence-corrected chi connectivity index (χ2v) is 5.28. The number of aliphatic hydroxyl groups excluding tert-OH is 1. The summed E-state index contributed by atoms with van der Waals surface area (Å²) in [7, 11) is 0. The number of unbranched alkanes of at least 4 members (excludes halogenated alkanes) is 1. The van der Waals surface area contributed by atoms with E-state index in [1.165, 1.54) is 30.4 Å². The van der Waals surface area contributed by atoms with Crippen LogP contribution in [0.3, 0.4) is 0 Å². The summed E-state index contributed by atoms with van der Waals surface area (Å²) in [5.41, 5.74) is 8.42. The molecule has 0 bridgehead atoms. The first kappa shape index (κ1) is 15.2. The molecule has 0 spiro atoms. The highest BCUT2D eigenvalue weighted by atomic mass is 16.3. The van der Waals surface area contributed by atoms with Crippen molar-refractivity contribution in [2.75, 3.05) is 13.2 Å². The van der Waals surface area contributed by atoms with Crippen LogP contribution >= 0.6 is 0 Å². The molecule has 0 radical (unpaired) electrons. The van der Waals surface area contributed by atoms with Crippen molar-refractivity contribution in [2.45, 2.75) is 39.5 Å². The summed E-state index contributed by atoms with van der Waals surface area (Å²) >= 11 is 0. The van der Waals surface area contributed by atoms with Crippen LogP contribution in [0.5, 0.6) is 0 Å². The Labute approximate surface area is 111 Å². The zero-order valence-electron chi connectivity index (χ0n) is 11.7. The lowest BCUT2D eigenvalue weighted by Gasteiger charge is -2.20. The Morgan fingerprint density at radius 2 is 1.78 bits per heavy atom. The zero-order valence-corrected chi connectivity index (χ0v) is 11.7. The molecule has 0 fully saturated rings. The Balaban J connectivity index is 2.52. The van der Waals surface area contributed by atoms with E-state index in [0.717, 1.165) is 6.42 Å². The van der Waals surface area contributed by atoms with Gasteiger partial charge in [-0.15, -0.1) is 0 Å². The third-order valence-electron chi connectivity index (χ3n) is 3.74. The Morgan fingerprint density at radius 3 is 2.28 bits per heavy atom. The molecule has 102 valence electrons. The van der Waals surface area contributed by atoms with Crippen molar-refractivity contribution in [1.82, 2.24) is 0 Å². The first-order chi connectivity index (χ1) is 8.71.